The molecule has 0 aromatic heterocycles. The van der Waals surface area contributed by atoms with Gasteiger partial charge in [0.2, 0.25) is 0 Å². The average Bonchev–Trinajstić information content (AvgIpc) is 2.71. The molecule has 1 fully saturated rings. The molecule has 0 N–H and O–H groups in total. The van der Waals surface area contributed by atoms with Gasteiger partial charge < -0.3 is 9.64 Å². The third-order valence-electron chi connectivity index (χ3n) is 5.41. The summed E-state index contributed by atoms with van der Waals surface area (Å²) in [6.07, 6.45) is 4.56. The molecule has 0 unspecified atom stereocenters. The summed E-state index contributed by atoms with van der Waals surface area (Å²) >= 11 is 0. The Morgan fingerprint density at radius 3 is 1.96 bits per heavy atom. The number of carbonyl (C=O) groups excluding carboxylic acids is 1. The van der Waals surface area contributed by atoms with Gasteiger partial charge in [-0.3, -0.25) is 4.79 Å². The van der Waals surface area contributed by atoms with Gasteiger partial charge in [-0.05, 0) is 56.9 Å². The van der Waals surface area contributed by atoms with E-state index in [4.69, 9.17) is 4.74 Å². The zero-order chi connectivity index (χ0) is 18.2. The van der Waals surface area contributed by atoms with Crippen LogP contribution in [0.4, 0.5) is 0 Å². The van der Waals surface area contributed by atoms with E-state index in [1.54, 1.807) is 0 Å². The minimum atomic E-state index is -0.754. The summed E-state index contributed by atoms with van der Waals surface area (Å²) < 4.78 is 5.60. The van der Waals surface area contributed by atoms with E-state index < -0.39 is 5.41 Å². The second-order valence-corrected chi connectivity index (χ2v) is 7.01. The van der Waals surface area contributed by atoms with Crippen molar-refractivity contribution in [2.24, 2.45) is 0 Å². The molecule has 3 nitrogen and oxygen atoms in total. The average molecular weight is 351 g/mol. The highest BCUT2D eigenvalue weighted by Gasteiger charge is 2.43. The number of rotatable bonds is 7. The van der Waals surface area contributed by atoms with E-state index in [0.29, 0.717) is 6.61 Å². The summed E-state index contributed by atoms with van der Waals surface area (Å²) in [5.41, 5.74) is 1.28. The smallest absolute Gasteiger partial charge is 0.321 e. The standard InChI is InChI=1S/C23H29NO2/c1-2-26-22(25)23(20-12-6-3-7-13-20,21-14-8-4-9-15-21)16-19-24-17-10-5-11-18-24/h3-4,6-9,12-15H,2,5,10-11,16-19H2,1H3. The van der Waals surface area contributed by atoms with E-state index in [-0.39, 0.29) is 5.97 Å². The maximum Gasteiger partial charge on any atom is 0.321 e. The Hall–Kier alpha value is -2.13. The highest BCUT2D eigenvalue weighted by Crippen LogP contribution is 2.37. The lowest BCUT2D eigenvalue weighted by Crippen LogP contribution is -2.43. The quantitative estimate of drug-likeness (QED) is 0.692. The fourth-order valence-corrected chi connectivity index (χ4v) is 4.00. The van der Waals surface area contributed by atoms with E-state index >= 15 is 0 Å². The maximum atomic E-state index is 13.3. The van der Waals surface area contributed by atoms with Gasteiger partial charge in [-0.15, -0.1) is 0 Å². The Morgan fingerprint density at radius 2 is 1.46 bits per heavy atom. The predicted molar refractivity (Wildman–Crippen MR) is 105 cm³/mol. The van der Waals surface area contributed by atoms with Crippen molar-refractivity contribution in [1.29, 1.82) is 0 Å². The van der Waals surface area contributed by atoms with Crippen molar-refractivity contribution in [3.63, 3.8) is 0 Å². The molecule has 0 atom stereocenters. The van der Waals surface area contributed by atoms with Crippen molar-refractivity contribution in [2.75, 3.05) is 26.2 Å². The van der Waals surface area contributed by atoms with Crippen LogP contribution in [0.3, 0.4) is 0 Å². The second kappa shape index (κ2) is 9.00. The van der Waals surface area contributed by atoms with Crippen LogP contribution >= 0.6 is 0 Å². The van der Waals surface area contributed by atoms with Gasteiger partial charge in [-0.2, -0.15) is 0 Å². The van der Waals surface area contributed by atoms with Gasteiger partial charge in [0.1, 0.15) is 5.41 Å². The van der Waals surface area contributed by atoms with E-state index in [2.05, 4.69) is 29.2 Å². The number of hydrogen-bond donors (Lipinski definition) is 0. The summed E-state index contributed by atoms with van der Waals surface area (Å²) in [5.74, 6) is -0.144. The first kappa shape index (κ1) is 18.7. The zero-order valence-electron chi connectivity index (χ0n) is 15.7. The summed E-state index contributed by atoms with van der Waals surface area (Å²) in [5, 5.41) is 0. The molecule has 1 saturated heterocycles. The molecule has 1 aliphatic heterocycles. The molecule has 3 rings (SSSR count). The molecule has 138 valence electrons. The molecular weight excluding hydrogens is 322 g/mol. The monoisotopic (exact) mass is 351 g/mol. The zero-order valence-corrected chi connectivity index (χ0v) is 15.7. The minimum absolute atomic E-state index is 0.144. The fraction of sp³-hybridized carbons (Fsp3) is 0.435. The van der Waals surface area contributed by atoms with Crippen LogP contribution in [0.25, 0.3) is 0 Å². The molecule has 26 heavy (non-hydrogen) atoms. The topological polar surface area (TPSA) is 29.5 Å². The van der Waals surface area contributed by atoms with Crippen LogP contribution in [0.5, 0.6) is 0 Å². The second-order valence-electron chi connectivity index (χ2n) is 7.01. The summed E-state index contributed by atoms with van der Waals surface area (Å²) in [6, 6.07) is 20.2. The van der Waals surface area contributed by atoms with Gasteiger partial charge in [-0.25, -0.2) is 0 Å². The van der Waals surface area contributed by atoms with Crippen molar-refractivity contribution in [3.05, 3.63) is 71.8 Å². The van der Waals surface area contributed by atoms with Crippen molar-refractivity contribution in [3.8, 4) is 0 Å². The summed E-state index contributed by atoms with van der Waals surface area (Å²) in [6.45, 7) is 5.43. The van der Waals surface area contributed by atoms with Crippen LogP contribution in [-0.4, -0.2) is 37.1 Å². The van der Waals surface area contributed by atoms with Crippen LogP contribution in [0.15, 0.2) is 60.7 Å². The highest BCUT2D eigenvalue weighted by atomic mass is 16.5. The molecule has 1 heterocycles. The molecule has 2 aromatic rings. The van der Waals surface area contributed by atoms with Crippen LogP contribution < -0.4 is 0 Å². The molecule has 0 amide bonds. The Kier molecular flexibility index (Phi) is 6.45. The first-order chi connectivity index (χ1) is 12.8. The molecule has 0 radical (unpaired) electrons. The number of piperidine rings is 1. The van der Waals surface area contributed by atoms with E-state index in [9.17, 15) is 4.79 Å². The summed E-state index contributed by atoms with van der Waals surface area (Å²) in [4.78, 5) is 15.8. The van der Waals surface area contributed by atoms with Gasteiger partial charge in [0, 0.05) is 0 Å². The van der Waals surface area contributed by atoms with Crippen molar-refractivity contribution in [2.45, 2.75) is 38.0 Å². The van der Waals surface area contributed by atoms with E-state index in [1.165, 1.54) is 19.3 Å². The Balaban J connectivity index is 2.00. The molecule has 0 aliphatic carbocycles. The lowest BCUT2D eigenvalue weighted by atomic mass is 9.71. The number of benzene rings is 2. The molecule has 0 spiro atoms. The van der Waals surface area contributed by atoms with Crippen molar-refractivity contribution in [1.82, 2.24) is 4.90 Å². The first-order valence-electron chi connectivity index (χ1n) is 9.78. The Bertz CT molecular complexity index is 638. The molecule has 1 aliphatic rings. The van der Waals surface area contributed by atoms with Gasteiger partial charge in [-0.1, -0.05) is 67.1 Å². The number of esters is 1. The lowest BCUT2D eigenvalue weighted by molar-refractivity contribution is -0.149. The number of ether oxygens (including phenoxy) is 1. The molecule has 3 heteroatoms. The lowest BCUT2D eigenvalue weighted by Gasteiger charge is -2.35. The van der Waals surface area contributed by atoms with Gasteiger partial charge >= 0.3 is 5.97 Å². The number of nitrogens with zero attached hydrogens (tertiary/aromatic N) is 1. The largest absolute Gasteiger partial charge is 0.465 e. The fourth-order valence-electron chi connectivity index (χ4n) is 4.00. The van der Waals surface area contributed by atoms with Gasteiger partial charge in [0.05, 0.1) is 6.61 Å². The van der Waals surface area contributed by atoms with Crippen LogP contribution in [-0.2, 0) is 14.9 Å². The van der Waals surface area contributed by atoms with Crippen LogP contribution in [0, 0.1) is 0 Å². The third kappa shape index (κ3) is 3.99. The predicted octanol–water partition coefficient (Wildman–Crippen LogP) is 4.41. The molecular formula is C23H29NO2. The Labute approximate surface area is 157 Å². The molecule has 0 saturated carbocycles. The molecule has 0 bridgehead atoms. The third-order valence-corrected chi connectivity index (χ3v) is 5.41. The minimum Gasteiger partial charge on any atom is -0.465 e. The maximum absolute atomic E-state index is 13.3. The number of hydrogen-bond acceptors (Lipinski definition) is 3. The van der Waals surface area contributed by atoms with Gasteiger partial charge in [0.15, 0.2) is 0 Å². The van der Waals surface area contributed by atoms with Crippen molar-refractivity contribution >= 4 is 5.97 Å². The van der Waals surface area contributed by atoms with Crippen molar-refractivity contribution < 1.29 is 9.53 Å². The summed E-state index contributed by atoms with van der Waals surface area (Å²) in [7, 11) is 0. The normalized spacial score (nSPS) is 15.6. The van der Waals surface area contributed by atoms with Crippen LogP contribution in [0.1, 0.15) is 43.7 Å². The SMILES string of the molecule is CCOC(=O)C(CCN1CCCCC1)(c1ccccc1)c1ccccc1. The Morgan fingerprint density at radius 1 is 0.923 bits per heavy atom. The van der Waals surface area contributed by atoms with Crippen LogP contribution in [0.2, 0.25) is 0 Å². The first-order valence-corrected chi connectivity index (χ1v) is 9.78. The highest BCUT2D eigenvalue weighted by molar-refractivity contribution is 5.87. The van der Waals surface area contributed by atoms with E-state index in [0.717, 1.165) is 37.2 Å². The number of carbonyl (C=O) groups is 1. The number of likely N-dealkylation sites (tertiary alicyclic amines) is 1. The van der Waals surface area contributed by atoms with E-state index in [1.807, 2.05) is 43.3 Å². The van der Waals surface area contributed by atoms with Gasteiger partial charge in [0.25, 0.3) is 0 Å². The molecule has 2 aromatic carbocycles.